The number of rotatable bonds is 8. The second-order valence-corrected chi connectivity index (χ2v) is 8.29. The Labute approximate surface area is 154 Å². The van der Waals surface area contributed by atoms with Crippen LogP contribution in [0.4, 0.5) is 23.0 Å². The number of aromatic nitrogens is 2. The molecule has 8 heteroatoms. The monoisotopic (exact) mass is 375 g/mol. The van der Waals surface area contributed by atoms with E-state index in [1.54, 1.807) is 12.1 Å². The molecule has 0 bridgehead atoms. The van der Waals surface area contributed by atoms with E-state index in [1.807, 2.05) is 19.1 Å². The first-order chi connectivity index (χ1) is 12.6. The van der Waals surface area contributed by atoms with Crippen LogP contribution in [-0.2, 0) is 10.0 Å². The summed E-state index contributed by atoms with van der Waals surface area (Å²) < 4.78 is 26.2. The SMILES string of the molecule is CCCCS(=O)(=O)Nc1ccc(Nc2ccc(N3CCCC3)cc2)nn1. The highest BCUT2D eigenvalue weighted by atomic mass is 32.2. The molecule has 2 N–H and O–H groups in total. The lowest BCUT2D eigenvalue weighted by Crippen LogP contribution is -2.17. The van der Waals surface area contributed by atoms with Crippen LogP contribution in [0.2, 0.25) is 0 Å². The second kappa shape index (κ2) is 8.35. The highest BCUT2D eigenvalue weighted by molar-refractivity contribution is 7.92. The quantitative estimate of drug-likeness (QED) is 0.736. The number of hydrogen-bond donors (Lipinski definition) is 2. The molecule has 1 aromatic heterocycles. The molecule has 0 atom stereocenters. The van der Waals surface area contributed by atoms with Crippen molar-refractivity contribution in [2.75, 3.05) is 33.8 Å². The fraction of sp³-hybridized carbons (Fsp3) is 0.444. The van der Waals surface area contributed by atoms with Gasteiger partial charge in [-0.2, -0.15) is 0 Å². The number of sulfonamides is 1. The van der Waals surface area contributed by atoms with Crippen molar-refractivity contribution in [3.05, 3.63) is 36.4 Å². The molecule has 1 fully saturated rings. The number of nitrogens with one attached hydrogen (secondary N) is 2. The number of nitrogens with zero attached hydrogens (tertiary/aromatic N) is 3. The van der Waals surface area contributed by atoms with Gasteiger partial charge in [-0.05, 0) is 55.7 Å². The van der Waals surface area contributed by atoms with E-state index in [-0.39, 0.29) is 11.6 Å². The summed E-state index contributed by atoms with van der Waals surface area (Å²) in [5, 5.41) is 11.2. The molecule has 0 aliphatic carbocycles. The van der Waals surface area contributed by atoms with Crippen molar-refractivity contribution in [1.29, 1.82) is 0 Å². The summed E-state index contributed by atoms with van der Waals surface area (Å²) in [4.78, 5) is 2.38. The van der Waals surface area contributed by atoms with Crippen molar-refractivity contribution in [2.45, 2.75) is 32.6 Å². The number of unbranched alkanes of at least 4 members (excludes halogenated alkanes) is 1. The van der Waals surface area contributed by atoms with Gasteiger partial charge < -0.3 is 10.2 Å². The van der Waals surface area contributed by atoms with Gasteiger partial charge >= 0.3 is 0 Å². The van der Waals surface area contributed by atoms with Gasteiger partial charge in [-0.15, -0.1) is 10.2 Å². The normalized spacial score (nSPS) is 14.4. The molecule has 0 unspecified atom stereocenters. The smallest absolute Gasteiger partial charge is 0.233 e. The zero-order valence-corrected chi connectivity index (χ0v) is 15.8. The van der Waals surface area contributed by atoms with Gasteiger partial charge in [-0.3, -0.25) is 4.72 Å². The van der Waals surface area contributed by atoms with Crippen molar-refractivity contribution >= 4 is 33.0 Å². The Morgan fingerprint density at radius 2 is 1.65 bits per heavy atom. The Kier molecular flexibility index (Phi) is 5.92. The number of anilines is 4. The lowest BCUT2D eigenvalue weighted by molar-refractivity contribution is 0.597. The topological polar surface area (TPSA) is 87.2 Å². The van der Waals surface area contributed by atoms with Crippen molar-refractivity contribution in [3.8, 4) is 0 Å². The summed E-state index contributed by atoms with van der Waals surface area (Å²) in [5.74, 6) is 0.889. The fourth-order valence-electron chi connectivity index (χ4n) is 2.88. The molecule has 2 aromatic rings. The lowest BCUT2D eigenvalue weighted by Gasteiger charge is -2.17. The van der Waals surface area contributed by atoms with Gasteiger partial charge in [0, 0.05) is 24.5 Å². The van der Waals surface area contributed by atoms with Gasteiger partial charge in [0.2, 0.25) is 10.0 Å². The predicted molar refractivity (Wildman–Crippen MR) is 106 cm³/mol. The van der Waals surface area contributed by atoms with Crippen molar-refractivity contribution in [1.82, 2.24) is 10.2 Å². The molecule has 26 heavy (non-hydrogen) atoms. The van der Waals surface area contributed by atoms with Crippen LogP contribution in [0.25, 0.3) is 0 Å². The van der Waals surface area contributed by atoms with Crippen LogP contribution >= 0.6 is 0 Å². The Balaban J connectivity index is 1.58. The standard InChI is InChI=1S/C18H25N5O2S/c1-2-3-14-26(24,25)22-18-11-10-17(20-21-18)19-15-6-8-16(9-7-15)23-12-4-5-13-23/h6-11H,2-5,12-14H2,1H3,(H,19,20)(H,21,22). The van der Waals surface area contributed by atoms with Gasteiger partial charge in [0.15, 0.2) is 11.6 Å². The molecule has 7 nitrogen and oxygen atoms in total. The summed E-state index contributed by atoms with van der Waals surface area (Å²) in [6, 6.07) is 11.5. The van der Waals surface area contributed by atoms with Crippen molar-refractivity contribution in [2.24, 2.45) is 0 Å². The largest absolute Gasteiger partial charge is 0.372 e. The number of hydrogen-bond acceptors (Lipinski definition) is 6. The zero-order valence-electron chi connectivity index (χ0n) is 15.0. The molecule has 1 saturated heterocycles. The van der Waals surface area contributed by atoms with Crippen LogP contribution in [-0.4, -0.2) is 37.5 Å². The molecular weight excluding hydrogens is 350 g/mol. The highest BCUT2D eigenvalue weighted by Gasteiger charge is 2.12. The Morgan fingerprint density at radius 1 is 1.00 bits per heavy atom. The maximum Gasteiger partial charge on any atom is 0.233 e. The molecule has 0 spiro atoms. The maximum absolute atomic E-state index is 11.9. The summed E-state index contributed by atoms with van der Waals surface area (Å²) >= 11 is 0. The van der Waals surface area contributed by atoms with E-state index in [4.69, 9.17) is 0 Å². The first-order valence-electron chi connectivity index (χ1n) is 9.02. The average Bonchev–Trinajstić information content (AvgIpc) is 3.17. The Bertz CT molecular complexity index is 800. The van der Waals surface area contributed by atoms with Crippen molar-refractivity contribution < 1.29 is 8.42 Å². The van der Waals surface area contributed by atoms with E-state index in [1.165, 1.54) is 18.5 Å². The van der Waals surface area contributed by atoms with E-state index < -0.39 is 10.0 Å². The minimum absolute atomic E-state index is 0.0918. The molecular formula is C18H25N5O2S. The molecule has 1 aliphatic heterocycles. The van der Waals surface area contributed by atoms with Crippen LogP contribution < -0.4 is 14.9 Å². The molecule has 2 heterocycles. The third-order valence-electron chi connectivity index (χ3n) is 4.30. The average molecular weight is 375 g/mol. The van der Waals surface area contributed by atoms with E-state index >= 15 is 0 Å². The minimum atomic E-state index is -3.36. The second-order valence-electron chi connectivity index (χ2n) is 6.44. The first kappa shape index (κ1) is 18.4. The molecule has 0 saturated carbocycles. The number of benzene rings is 1. The summed E-state index contributed by atoms with van der Waals surface area (Å²) in [6.45, 7) is 4.19. The van der Waals surface area contributed by atoms with E-state index in [9.17, 15) is 8.42 Å². The third kappa shape index (κ3) is 5.08. The predicted octanol–water partition coefficient (Wildman–Crippen LogP) is 3.36. The molecule has 3 rings (SSSR count). The van der Waals surface area contributed by atoms with Crippen LogP contribution in [0, 0.1) is 0 Å². The highest BCUT2D eigenvalue weighted by Crippen LogP contribution is 2.23. The fourth-order valence-corrected chi connectivity index (χ4v) is 4.08. The summed E-state index contributed by atoms with van der Waals surface area (Å²) in [7, 11) is -3.36. The van der Waals surface area contributed by atoms with Crippen LogP contribution in [0.3, 0.4) is 0 Å². The summed E-state index contributed by atoms with van der Waals surface area (Å²) in [5.41, 5.74) is 2.15. The minimum Gasteiger partial charge on any atom is -0.372 e. The lowest BCUT2D eigenvalue weighted by atomic mass is 10.2. The van der Waals surface area contributed by atoms with Crippen molar-refractivity contribution in [3.63, 3.8) is 0 Å². The van der Waals surface area contributed by atoms with Crippen LogP contribution in [0.15, 0.2) is 36.4 Å². The third-order valence-corrected chi connectivity index (χ3v) is 5.65. The molecule has 1 aliphatic rings. The van der Waals surface area contributed by atoms with Gasteiger partial charge in [0.25, 0.3) is 0 Å². The molecule has 140 valence electrons. The van der Waals surface area contributed by atoms with Crippen LogP contribution in [0.1, 0.15) is 32.6 Å². The Morgan fingerprint density at radius 3 is 2.27 bits per heavy atom. The van der Waals surface area contributed by atoms with E-state index in [0.717, 1.165) is 25.2 Å². The molecule has 1 aromatic carbocycles. The van der Waals surface area contributed by atoms with Gasteiger partial charge in [0.05, 0.1) is 5.75 Å². The van der Waals surface area contributed by atoms with Crippen LogP contribution in [0.5, 0.6) is 0 Å². The first-order valence-corrected chi connectivity index (χ1v) is 10.7. The zero-order chi connectivity index (χ0) is 18.4. The van der Waals surface area contributed by atoms with E-state index in [0.29, 0.717) is 12.2 Å². The molecule has 0 radical (unpaired) electrons. The Hall–Kier alpha value is -2.35. The van der Waals surface area contributed by atoms with Gasteiger partial charge in [-0.1, -0.05) is 13.3 Å². The summed E-state index contributed by atoms with van der Waals surface area (Å²) in [6.07, 6.45) is 3.95. The molecule has 0 amide bonds. The maximum atomic E-state index is 11.9. The van der Waals surface area contributed by atoms with Gasteiger partial charge in [-0.25, -0.2) is 8.42 Å². The van der Waals surface area contributed by atoms with E-state index in [2.05, 4.69) is 37.3 Å². The van der Waals surface area contributed by atoms with Gasteiger partial charge in [0.1, 0.15) is 0 Å².